The Balaban J connectivity index is 2.32. The van der Waals surface area contributed by atoms with Gasteiger partial charge in [0.2, 0.25) is 0 Å². The third-order valence-corrected chi connectivity index (χ3v) is 3.69. The minimum atomic E-state index is -0.883. The van der Waals surface area contributed by atoms with Gasteiger partial charge in [-0.1, -0.05) is 19.3 Å². The normalized spacial score (nSPS) is 16.1. The van der Waals surface area contributed by atoms with Crippen molar-refractivity contribution in [3.63, 3.8) is 0 Å². The van der Waals surface area contributed by atoms with E-state index in [1.807, 2.05) is 0 Å². The van der Waals surface area contributed by atoms with E-state index in [0.29, 0.717) is 19.2 Å². The molecule has 1 amide bonds. The van der Waals surface area contributed by atoms with Crippen LogP contribution < -0.4 is 5.73 Å². The molecule has 1 saturated heterocycles. The number of hydrogen-bond acceptors (Lipinski definition) is 4. The highest BCUT2D eigenvalue weighted by atomic mass is 19.1. The Labute approximate surface area is 121 Å². The fourth-order valence-corrected chi connectivity index (χ4v) is 2.52. The van der Waals surface area contributed by atoms with Gasteiger partial charge >= 0.3 is 0 Å². The minimum absolute atomic E-state index is 0.139. The van der Waals surface area contributed by atoms with Crippen LogP contribution in [0.25, 0.3) is 0 Å². The molecule has 0 bridgehead atoms. The summed E-state index contributed by atoms with van der Waals surface area (Å²) in [5, 5.41) is 11.0. The highest BCUT2D eigenvalue weighted by molar-refractivity contribution is 5.99. The molecule has 0 saturated carbocycles. The molecule has 114 valence electrons. The van der Waals surface area contributed by atoms with Crippen molar-refractivity contribution in [2.45, 2.75) is 32.1 Å². The fourth-order valence-electron chi connectivity index (χ4n) is 2.52. The van der Waals surface area contributed by atoms with Crippen molar-refractivity contribution in [1.29, 1.82) is 0 Å². The zero-order valence-electron chi connectivity index (χ0n) is 11.7. The quantitative estimate of drug-likeness (QED) is 0.516. The van der Waals surface area contributed by atoms with Crippen LogP contribution in [0.2, 0.25) is 0 Å². The molecular formula is C14H18FN3O3. The van der Waals surface area contributed by atoms with Gasteiger partial charge < -0.3 is 10.6 Å². The number of benzene rings is 1. The molecule has 0 atom stereocenters. The predicted octanol–water partition coefficient (Wildman–Crippen LogP) is 2.72. The second-order valence-corrected chi connectivity index (χ2v) is 5.21. The maximum Gasteiger partial charge on any atom is 0.285 e. The summed E-state index contributed by atoms with van der Waals surface area (Å²) in [7, 11) is 0. The average Bonchev–Trinajstić information content (AvgIpc) is 2.40. The standard InChI is InChI=1S/C14H18FN3O3/c15-11-9-13(18(20)21)10(8-12(11)16)14(19)17-6-4-2-1-3-5-7-17/h8-9H,1-7,16H2. The molecule has 1 aliphatic heterocycles. The van der Waals surface area contributed by atoms with Crippen LogP contribution in [-0.4, -0.2) is 28.8 Å². The molecule has 2 rings (SSSR count). The van der Waals surface area contributed by atoms with Crippen LogP contribution in [-0.2, 0) is 0 Å². The number of nitro benzene ring substituents is 1. The van der Waals surface area contributed by atoms with E-state index in [1.165, 1.54) is 0 Å². The lowest BCUT2D eigenvalue weighted by atomic mass is 10.1. The summed E-state index contributed by atoms with van der Waals surface area (Å²) in [4.78, 5) is 24.4. The Morgan fingerprint density at radius 2 is 1.76 bits per heavy atom. The van der Waals surface area contributed by atoms with Crippen molar-refractivity contribution in [2.24, 2.45) is 0 Å². The van der Waals surface area contributed by atoms with Crippen LogP contribution >= 0.6 is 0 Å². The number of amides is 1. The van der Waals surface area contributed by atoms with Crippen molar-refractivity contribution in [3.8, 4) is 0 Å². The lowest BCUT2D eigenvalue weighted by molar-refractivity contribution is -0.385. The highest BCUT2D eigenvalue weighted by Gasteiger charge is 2.26. The maximum atomic E-state index is 13.4. The highest BCUT2D eigenvalue weighted by Crippen LogP contribution is 2.26. The van der Waals surface area contributed by atoms with E-state index >= 15 is 0 Å². The first kappa shape index (κ1) is 15.2. The zero-order chi connectivity index (χ0) is 15.4. The van der Waals surface area contributed by atoms with Gasteiger partial charge in [-0.05, 0) is 18.9 Å². The van der Waals surface area contributed by atoms with E-state index in [4.69, 9.17) is 5.73 Å². The molecule has 1 aromatic rings. The van der Waals surface area contributed by atoms with Crippen molar-refractivity contribution in [2.75, 3.05) is 18.8 Å². The lowest BCUT2D eigenvalue weighted by Crippen LogP contribution is -2.34. The Morgan fingerprint density at radius 1 is 1.19 bits per heavy atom. The second-order valence-electron chi connectivity index (χ2n) is 5.21. The van der Waals surface area contributed by atoms with Gasteiger partial charge in [-0.2, -0.15) is 0 Å². The molecule has 1 aromatic carbocycles. The molecule has 0 unspecified atom stereocenters. The molecule has 1 aliphatic rings. The van der Waals surface area contributed by atoms with E-state index in [1.54, 1.807) is 4.90 Å². The monoisotopic (exact) mass is 295 g/mol. The third kappa shape index (κ3) is 3.48. The number of nitrogens with two attached hydrogens (primary N) is 1. The Hall–Kier alpha value is -2.18. The number of nitro groups is 1. The molecule has 1 fully saturated rings. The predicted molar refractivity (Wildman–Crippen MR) is 76.5 cm³/mol. The smallest absolute Gasteiger partial charge is 0.285 e. The number of carbonyl (C=O) groups is 1. The zero-order valence-corrected chi connectivity index (χ0v) is 11.7. The van der Waals surface area contributed by atoms with Gasteiger partial charge in [-0.3, -0.25) is 14.9 Å². The van der Waals surface area contributed by atoms with E-state index in [0.717, 1.165) is 38.2 Å². The van der Waals surface area contributed by atoms with Gasteiger partial charge in [-0.15, -0.1) is 0 Å². The van der Waals surface area contributed by atoms with Crippen LogP contribution in [0.3, 0.4) is 0 Å². The van der Waals surface area contributed by atoms with Crippen molar-refractivity contribution >= 4 is 17.3 Å². The van der Waals surface area contributed by atoms with E-state index in [2.05, 4.69) is 0 Å². The first-order valence-electron chi connectivity index (χ1n) is 7.03. The minimum Gasteiger partial charge on any atom is -0.396 e. The number of nitrogen functional groups attached to an aromatic ring is 1. The number of rotatable bonds is 2. The van der Waals surface area contributed by atoms with Crippen LogP contribution in [0.1, 0.15) is 42.5 Å². The largest absolute Gasteiger partial charge is 0.396 e. The average molecular weight is 295 g/mol. The summed E-state index contributed by atoms with van der Waals surface area (Å²) in [6.45, 7) is 1.13. The number of hydrogen-bond donors (Lipinski definition) is 1. The number of likely N-dealkylation sites (tertiary alicyclic amines) is 1. The summed E-state index contributed by atoms with van der Waals surface area (Å²) in [6, 6.07) is 1.78. The lowest BCUT2D eigenvalue weighted by Gasteiger charge is -2.24. The first-order chi connectivity index (χ1) is 10.0. The molecule has 0 aliphatic carbocycles. The Morgan fingerprint density at radius 3 is 2.33 bits per heavy atom. The molecule has 1 heterocycles. The summed E-state index contributed by atoms with van der Waals surface area (Å²) >= 11 is 0. The van der Waals surface area contributed by atoms with Gasteiger partial charge in [0.05, 0.1) is 16.7 Å². The van der Waals surface area contributed by atoms with Crippen molar-refractivity contribution < 1.29 is 14.1 Å². The van der Waals surface area contributed by atoms with Gasteiger partial charge in [-0.25, -0.2) is 4.39 Å². The topological polar surface area (TPSA) is 89.5 Å². The fraction of sp³-hybridized carbons (Fsp3) is 0.500. The number of anilines is 1. The molecule has 2 N–H and O–H groups in total. The van der Waals surface area contributed by atoms with Crippen LogP contribution in [0, 0.1) is 15.9 Å². The molecule has 0 radical (unpaired) electrons. The van der Waals surface area contributed by atoms with Crippen molar-refractivity contribution in [1.82, 2.24) is 4.90 Å². The maximum absolute atomic E-state index is 13.4. The molecular weight excluding hydrogens is 277 g/mol. The summed E-state index contributed by atoms with van der Waals surface area (Å²) < 4.78 is 13.4. The summed E-state index contributed by atoms with van der Waals surface area (Å²) in [6.07, 6.45) is 4.97. The molecule has 7 heteroatoms. The van der Waals surface area contributed by atoms with Crippen LogP contribution in [0.5, 0.6) is 0 Å². The molecule has 6 nitrogen and oxygen atoms in total. The Bertz CT molecular complexity index is 555. The van der Waals surface area contributed by atoms with Crippen LogP contribution in [0.15, 0.2) is 12.1 Å². The van der Waals surface area contributed by atoms with Gasteiger partial charge in [0.1, 0.15) is 5.56 Å². The van der Waals surface area contributed by atoms with E-state index in [9.17, 15) is 19.3 Å². The third-order valence-electron chi connectivity index (χ3n) is 3.69. The van der Waals surface area contributed by atoms with Crippen molar-refractivity contribution in [3.05, 3.63) is 33.6 Å². The van der Waals surface area contributed by atoms with Gasteiger partial charge in [0.25, 0.3) is 11.6 Å². The molecule has 0 aromatic heterocycles. The number of carbonyl (C=O) groups excluding carboxylic acids is 1. The number of halogens is 1. The van der Waals surface area contributed by atoms with Gasteiger partial charge in [0, 0.05) is 13.1 Å². The summed E-state index contributed by atoms with van der Waals surface area (Å²) in [5.74, 6) is -1.33. The molecule has 21 heavy (non-hydrogen) atoms. The van der Waals surface area contributed by atoms with Crippen LogP contribution in [0.4, 0.5) is 15.8 Å². The summed E-state index contributed by atoms with van der Waals surface area (Å²) in [5.41, 5.74) is 4.52. The second kappa shape index (κ2) is 6.51. The van der Waals surface area contributed by atoms with Gasteiger partial charge in [0.15, 0.2) is 5.82 Å². The SMILES string of the molecule is Nc1cc(C(=O)N2CCCCCCC2)c([N+](=O)[O-])cc1F. The first-order valence-corrected chi connectivity index (χ1v) is 7.03. The Kier molecular flexibility index (Phi) is 4.72. The van der Waals surface area contributed by atoms with E-state index in [-0.39, 0.29) is 11.3 Å². The molecule has 0 spiro atoms. The number of nitrogens with zero attached hydrogens (tertiary/aromatic N) is 2. The van der Waals surface area contributed by atoms with E-state index < -0.39 is 22.3 Å².